The van der Waals surface area contributed by atoms with Crippen molar-refractivity contribution in [3.05, 3.63) is 174 Å². The molecule has 12 rings (SSSR count). The van der Waals surface area contributed by atoms with Crippen LogP contribution in [-0.2, 0) is 81.2 Å². The van der Waals surface area contributed by atoms with Gasteiger partial charge in [-0.1, -0.05) is 146 Å². The van der Waals surface area contributed by atoms with E-state index in [1.54, 1.807) is 54.8 Å². The molecule has 4 heterocycles. The summed E-state index contributed by atoms with van der Waals surface area (Å²) in [7, 11) is 11.6. The molecule has 2 aliphatic carbocycles. The van der Waals surface area contributed by atoms with Crippen LogP contribution in [0.2, 0.25) is 20.1 Å². The first-order valence-corrected chi connectivity index (χ1v) is 41.3. The minimum absolute atomic E-state index is 0. The molecule has 2 unspecified atom stereocenters. The molecule has 592 valence electrons. The Morgan fingerprint density at radius 1 is 0.565 bits per heavy atom. The van der Waals surface area contributed by atoms with E-state index in [-0.39, 0.29) is 61.8 Å². The molecule has 26 heteroatoms. The number of rotatable bonds is 28. The van der Waals surface area contributed by atoms with Gasteiger partial charge in [-0.2, -0.15) is 27.0 Å². The Morgan fingerprint density at radius 3 is 1.43 bits per heavy atom. The average molecular weight is 1640 g/mol. The van der Waals surface area contributed by atoms with Gasteiger partial charge in [0, 0.05) is 46.2 Å². The number of piperidine rings is 2. The molecule has 0 aromatic heterocycles. The molecule has 2 amide bonds. The largest absolute Gasteiger partial charge is 0.493 e. The van der Waals surface area contributed by atoms with Crippen LogP contribution in [0.15, 0.2) is 114 Å². The van der Waals surface area contributed by atoms with E-state index in [9.17, 15) is 18.0 Å². The lowest BCUT2D eigenvalue weighted by Crippen LogP contribution is -2.55. The number of hydrogen-bond donors (Lipinski definition) is 2. The molecule has 0 radical (unpaired) electrons. The van der Waals surface area contributed by atoms with Gasteiger partial charge in [0.2, 0.25) is 17.6 Å². The fraction of sp³-hybridized carbons (Fsp3) is 0.537. The van der Waals surface area contributed by atoms with E-state index in [1.807, 2.05) is 79.7 Å². The number of fused-ring (bicyclic) bond motifs is 4. The summed E-state index contributed by atoms with van der Waals surface area (Å²) in [5.41, 5.74) is 7.31. The summed E-state index contributed by atoms with van der Waals surface area (Å²) >= 11 is 25.9. The molecule has 4 fully saturated rings. The summed E-state index contributed by atoms with van der Waals surface area (Å²) in [4.78, 5) is 34.5. The number of benzene rings is 6. The zero-order valence-corrected chi connectivity index (χ0v) is 70.4. The van der Waals surface area contributed by atoms with Crippen molar-refractivity contribution >= 4 is 107 Å². The number of ether oxygens (including phenoxy) is 8. The monoisotopic (exact) mass is 1640 g/mol. The van der Waals surface area contributed by atoms with Crippen LogP contribution in [0.25, 0.3) is 0 Å². The number of isocyanates is 1. The van der Waals surface area contributed by atoms with E-state index in [4.69, 9.17) is 84.3 Å². The van der Waals surface area contributed by atoms with Crippen molar-refractivity contribution in [2.45, 2.75) is 173 Å². The number of aliphatic imine (C=N–C) groups is 1. The number of urea groups is 1. The third-order valence-corrected chi connectivity index (χ3v) is 28.3. The van der Waals surface area contributed by atoms with Gasteiger partial charge in [0.15, 0.2) is 23.0 Å². The Balaban J connectivity index is 0.000000242. The molecule has 2 spiro atoms. The van der Waals surface area contributed by atoms with Crippen LogP contribution in [0.5, 0.6) is 34.5 Å². The number of hydrogen-bond acceptors (Lipinski definition) is 16. The van der Waals surface area contributed by atoms with Gasteiger partial charge in [-0.3, -0.25) is 8.42 Å². The van der Waals surface area contributed by atoms with E-state index >= 15 is 0 Å². The highest BCUT2D eigenvalue weighted by Crippen LogP contribution is 2.49. The Bertz CT molecular complexity index is 3970. The summed E-state index contributed by atoms with van der Waals surface area (Å²) in [6.07, 6.45) is 19.7. The van der Waals surface area contributed by atoms with Gasteiger partial charge in [0.1, 0.15) is 0 Å². The highest BCUT2D eigenvalue weighted by atomic mass is 35.5. The Kier molecular flexibility index (Phi) is 34.4. The highest BCUT2D eigenvalue weighted by molar-refractivity contribution is 7.85. The van der Waals surface area contributed by atoms with Crippen LogP contribution in [-0.4, -0.2) is 157 Å². The maximum Gasteiger partial charge on any atom is 0.318 e. The number of nitrogens with one attached hydrogen (secondary N) is 2. The maximum atomic E-state index is 14.2. The van der Waals surface area contributed by atoms with Crippen molar-refractivity contribution in [3.8, 4) is 34.5 Å². The number of carbonyl (C=O) groups excluding carboxylic acids is 2. The molecular formula is C82H110Cl4N6O12S4. The van der Waals surface area contributed by atoms with Gasteiger partial charge in [0.25, 0.3) is 0 Å². The third-order valence-electron chi connectivity index (χ3n) is 22.7. The molecule has 0 bridgehead atoms. The van der Waals surface area contributed by atoms with Crippen LogP contribution >= 0.6 is 73.4 Å². The first-order valence-electron chi connectivity index (χ1n) is 37.2. The highest BCUT2D eigenvalue weighted by Gasteiger charge is 2.49. The molecule has 6 aromatic carbocycles. The molecular weight excluding hydrogens is 1530 g/mol. The second-order valence-electron chi connectivity index (χ2n) is 28.7. The SMILES string of the molecule is CN[C@](CCCN1CCC2(CC1)c1ccccc1CS2=O)(COCc1cc(OC)c(OC)c(OC)c1)c1ccc(Cl)c(Cl)c1.COc1cc(COC[C@](CCCN2CCC3(CC2)c2ccccc2CS3=O)(c2ccc(Cl)c(Cl)c2)N(C)C(=O)NC2CCCCC2)cc(OC)c1OC.O=C=NC1CCCCC1.S.S. The summed E-state index contributed by atoms with van der Waals surface area (Å²) < 4.78 is 72.5. The first kappa shape index (κ1) is 88.3. The van der Waals surface area contributed by atoms with E-state index in [0.29, 0.717) is 91.8 Å². The number of halogens is 4. The van der Waals surface area contributed by atoms with Gasteiger partial charge in [-0.25, -0.2) is 14.6 Å². The van der Waals surface area contributed by atoms with Gasteiger partial charge < -0.3 is 63.2 Å². The maximum absolute atomic E-state index is 14.2. The molecule has 6 aromatic rings. The van der Waals surface area contributed by atoms with E-state index < -0.39 is 32.7 Å². The van der Waals surface area contributed by atoms with Crippen molar-refractivity contribution in [1.29, 1.82) is 0 Å². The quantitative estimate of drug-likeness (QED) is 0.0348. The normalized spacial score (nSPS) is 19.1. The van der Waals surface area contributed by atoms with Gasteiger partial charge >= 0.3 is 6.03 Å². The Hall–Kier alpha value is -5.27. The molecule has 2 N–H and O–H groups in total. The van der Waals surface area contributed by atoms with Gasteiger partial charge in [0.05, 0.1) is 116 Å². The van der Waals surface area contributed by atoms with E-state index in [1.165, 1.54) is 47.9 Å². The molecule has 4 aliphatic heterocycles. The second-order valence-corrected chi connectivity index (χ2v) is 33.9. The number of carbonyl (C=O) groups is 1. The number of likely N-dealkylation sites (tertiary alicyclic amines) is 2. The van der Waals surface area contributed by atoms with Crippen molar-refractivity contribution in [3.63, 3.8) is 0 Å². The molecule has 6 aliphatic rings. The minimum Gasteiger partial charge on any atom is -0.493 e. The summed E-state index contributed by atoms with van der Waals surface area (Å²) in [6.45, 7) is 6.62. The average Bonchev–Trinajstić information content (AvgIpc) is 1.64. The predicted molar refractivity (Wildman–Crippen MR) is 446 cm³/mol. The molecule has 2 saturated heterocycles. The molecule has 18 nitrogen and oxygen atoms in total. The zero-order chi connectivity index (χ0) is 75.4. The van der Waals surface area contributed by atoms with Crippen LogP contribution in [0.4, 0.5) is 4.79 Å². The second kappa shape index (κ2) is 42.0. The standard InChI is InChI=1S/C41H53Cl2N3O6S.C34H42Cl2N2O5S.C7H11NO.2H2S/c1-45(39(47)44-32-12-6-5-7-13-32)40(31-15-16-34(42)35(43)25-31,28-52-26-29-23-36(49-2)38(51-4)37(24-29)50-3)17-10-20-46-21-18-41(19-22-46)33-14-9-8-11-30(33)27-53(41)48;1-37-33(26-10-11-28(35)29(36)20-26,23-43-21-24-18-30(40-2)32(42-4)31(19-24)41-3)12-7-15-38-16-13-34(14-17-38)27-9-6-5-8-25(27)22-44(34)39;9-6-8-7-4-2-1-3-5-7;;/h8-9,11,14-16,23-25,32H,5-7,10,12-13,17-22,26-28H2,1-4H3,(H,44,47);5-6,8-11,18-20,37H,7,12-17,21-23H2,1-4H3;7H,1-5H2;2*1H2/t40-,53?;33-,44?;;;/m11.../s1. The predicted octanol–water partition coefficient (Wildman–Crippen LogP) is 17.0. The van der Waals surface area contributed by atoms with Crippen molar-refractivity contribution in [2.24, 2.45) is 4.99 Å². The lowest BCUT2D eigenvalue weighted by Gasteiger charge is -2.44. The minimum atomic E-state index is -0.910. The Labute approximate surface area is 678 Å². The van der Waals surface area contributed by atoms with E-state index in [0.717, 1.165) is 145 Å². The third kappa shape index (κ3) is 20.9. The Morgan fingerprint density at radius 2 is 0.991 bits per heavy atom. The van der Waals surface area contributed by atoms with Crippen molar-refractivity contribution < 1.29 is 55.9 Å². The lowest BCUT2D eigenvalue weighted by molar-refractivity contribution is 0.00181. The van der Waals surface area contributed by atoms with Crippen LogP contribution in [0.3, 0.4) is 0 Å². The zero-order valence-electron chi connectivity index (χ0n) is 63.8. The first-order chi connectivity index (χ1) is 51.3. The van der Waals surface area contributed by atoms with Gasteiger partial charge in [-0.05, 0) is 216 Å². The fourth-order valence-corrected chi connectivity index (χ4v) is 20.9. The van der Waals surface area contributed by atoms with Crippen molar-refractivity contribution in [1.82, 2.24) is 25.3 Å². The molecule has 108 heavy (non-hydrogen) atoms. The van der Waals surface area contributed by atoms with Gasteiger partial charge in [-0.15, -0.1) is 0 Å². The topological polar surface area (TPSA) is 188 Å². The number of likely N-dealkylation sites (N-methyl/N-ethyl adjacent to an activating group) is 2. The van der Waals surface area contributed by atoms with E-state index in [2.05, 4.69) is 67.9 Å². The summed E-state index contributed by atoms with van der Waals surface area (Å²) in [5, 5.41) is 8.81. The molecule has 4 atom stereocenters. The van der Waals surface area contributed by atoms with Crippen molar-refractivity contribution in [2.75, 3.05) is 109 Å². The van der Waals surface area contributed by atoms with Crippen LogP contribution < -0.4 is 39.1 Å². The number of nitrogens with zero attached hydrogens (tertiary/aromatic N) is 4. The number of methoxy groups -OCH3 is 6. The fourth-order valence-electron chi connectivity index (χ4n) is 16.5. The summed E-state index contributed by atoms with van der Waals surface area (Å²) in [5.74, 6) is 4.64. The smallest absolute Gasteiger partial charge is 0.318 e. The number of amides is 2. The lowest BCUT2D eigenvalue weighted by atomic mass is 9.83. The van der Waals surface area contributed by atoms with Crippen LogP contribution in [0.1, 0.15) is 160 Å². The summed E-state index contributed by atoms with van der Waals surface area (Å²) in [6, 6.07) is 36.2. The van der Waals surface area contributed by atoms with Crippen LogP contribution in [0, 0.1) is 0 Å². The molecule has 2 saturated carbocycles.